The molecule has 7 rings (SSSR count). The van der Waals surface area contributed by atoms with Gasteiger partial charge in [0.05, 0.1) is 11.0 Å². The first-order valence-corrected chi connectivity index (χ1v) is 15.2. The zero-order chi connectivity index (χ0) is 28.0. The molecule has 3 aliphatic rings. The average molecular weight is 550 g/mol. The zero-order valence-electron chi connectivity index (χ0n) is 23.9. The summed E-state index contributed by atoms with van der Waals surface area (Å²) in [6, 6.07) is 24.7. The number of hydrogen-bond acceptors (Lipinski definition) is 4. The highest BCUT2D eigenvalue weighted by Gasteiger charge is 2.44. The maximum absolute atomic E-state index is 13.2. The predicted molar refractivity (Wildman–Crippen MR) is 160 cm³/mol. The van der Waals surface area contributed by atoms with Gasteiger partial charge in [-0.25, -0.2) is 4.98 Å². The fourth-order valence-electron chi connectivity index (χ4n) is 8.17. The third-order valence-corrected chi connectivity index (χ3v) is 10.3. The summed E-state index contributed by atoms with van der Waals surface area (Å²) in [6.45, 7) is 4.68. The third-order valence-electron chi connectivity index (χ3n) is 10.3. The number of piperidine rings is 2. The van der Waals surface area contributed by atoms with Crippen LogP contribution in [0.4, 0.5) is 0 Å². The van der Waals surface area contributed by atoms with E-state index in [1.54, 1.807) is 12.1 Å². The molecule has 0 radical (unpaired) electrons. The van der Waals surface area contributed by atoms with Gasteiger partial charge in [-0.1, -0.05) is 42.5 Å². The first-order chi connectivity index (χ1) is 20.0. The van der Waals surface area contributed by atoms with E-state index in [1.807, 2.05) is 4.90 Å². The van der Waals surface area contributed by atoms with Crippen molar-refractivity contribution in [1.29, 1.82) is 0 Å². The molecule has 3 atom stereocenters. The summed E-state index contributed by atoms with van der Waals surface area (Å²) in [5.41, 5.74) is 4.30. The van der Waals surface area contributed by atoms with E-state index in [4.69, 9.17) is 4.98 Å². The number of carbonyl (C=O) groups is 1. The number of rotatable bonds is 6. The summed E-state index contributed by atoms with van der Waals surface area (Å²) in [5.74, 6) is 1.09. The maximum atomic E-state index is 13.2. The molecule has 4 aromatic rings. The quantitative estimate of drug-likeness (QED) is 0.238. The minimum Gasteiger partial charge on any atom is -0.619 e. The lowest BCUT2D eigenvalue weighted by molar-refractivity contribution is -0.605. The van der Waals surface area contributed by atoms with Gasteiger partial charge >= 0.3 is 0 Å². The molecule has 2 bridgehead atoms. The van der Waals surface area contributed by atoms with Crippen molar-refractivity contribution in [3.8, 4) is 0 Å². The monoisotopic (exact) mass is 549 g/mol. The standard InChI is InChI=1S/C34H39N5O2/c1-25-35-31-11-5-6-12-32(31)39(25)30-22-28-13-14-29(23-30)38(28)21-17-34(27-9-3-2-4-10-27)15-19-36(20-16-34)33(40)26-8-7-18-37(41)24-26/h2-12,18,24,28-30H,13-17,19-23H2,1H3/t28-,29+,30?. The normalized spacial score (nSPS) is 24.1. The number of nitrogens with zero attached hydrogens (tertiary/aromatic N) is 5. The van der Waals surface area contributed by atoms with Crippen LogP contribution >= 0.6 is 0 Å². The molecule has 2 aromatic carbocycles. The zero-order valence-corrected chi connectivity index (χ0v) is 23.9. The van der Waals surface area contributed by atoms with Crippen molar-refractivity contribution >= 4 is 16.9 Å². The Morgan fingerprint density at radius 1 is 0.951 bits per heavy atom. The molecule has 5 heterocycles. The van der Waals surface area contributed by atoms with Gasteiger partial charge in [-0.2, -0.15) is 4.73 Å². The summed E-state index contributed by atoms with van der Waals surface area (Å²) in [6.07, 6.45) is 10.7. The minimum absolute atomic E-state index is 0.0423. The van der Waals surface area contributed by atoms with Crippen LogP contribution in [0, 0.1) is 12.1 Å². The van der Waals surface area contributed by atoms with E-state index in [1.165, 1.54) is 49.2 Å². The molecular formula is C34H39N5O2. The van der Waals surface area contributed by atoms with E-state index in [2.05, 4.69) is 71.0 Å². The predicted octanol–water partition coefficient (Wildman–Crippen LogP) is 5.41. The van der Waals surface area contributed by atoms with Crippen LogP contribution in [0.15, 0.2) is 79.1 Å². The fraction of sp³-hybridized carbons (Fsp3) is 0.441. The largest absolute Gasteiger partial charge is 0.619 e. The van der Waals surface area contributed by atoms with Crippen molar-refractivity contribution in [2.75, 3.05) is 19.6 Å². The van der Waals surface area contributed by atoms with Crippen LogP contribution in [0.1, 0.15) is 72.7 Å². The van der Waals surface area contributed by atoms with E-state index < -0.39 is 0 Å². The molecule has 3 aliphatic heterocycles. The van der Waals surface area contributed by atoms with Crippen LogP contribution in [0.25, 0.3) is 11.0 Å². The number of pyridine rings is 1. The van der Waals surface area contributed by atoms with Gasteiger partial charge in [0, 0.05) is 37.3 Å². The van der Waals surface area contributed by atoms with Crippen molar-refractivity contribution < 1.29 is 9.52 Å². The average Bonchev–Trinajstić information content (AvgIpc) is 3.46. The number of amides is 1. The van der Waals surface area contributed by atoms with Crippen molar-refractivity contribution in [2.24, 2.45) is 0 Å². The molecule has 1 unspecified atom stereocenters. The number of benzene rings is 2. The molecular weight excluding hydrogens is 510 g/mol. The van der Waals surface area contributed by atoms with E-state index in [0.717, 1.165) is 37.1 Å². The summed E-state index contributed by atoms with van der Waals surface area (Å²) in [7, 11) is 0. The molecule has 1 amide bonds. The molecule has 7 heteroatoms. The second kappa shape index (κ2) is 10.6. The van der Waals surface area contributed by atoms with Crippen LogP contribution in [0.5, 0.6) is 0 Å². The topological polar surface area (TPSA) is 68.3 Å². The lowest BCUT2D eigenvalue weighted by Gasteiger charge is -2.45. The molecule has 0 N–H and O–H groups in total. The number of hydrogen-bond donors (Lipinski definition) is 0. The van der Waals surface area contributed by atoms with E-state index in [0.29, 0.717) is 41.5 Å². The van der Waals surface area contributed by atoms with Gasteiger partial charge in [0.25, 0.3) is 5.91 Å². The minimum atomic E-state index is -0.0423. The van der Waals surface area contributed by atoms with Gasteiger partial charge in [-0.05, 0) is 87.6 Å². The molecule has 0 saturated carbocycles. The summed E-state index contributed by atoms with van der Waals surface area (Å²) in [4.78, 5) is 22.8. The number of likely N-dealkylation sites (tertiary alicyclic amines) is 1. The number of fused-ring (bicyclic) bond motifs is 3. The molecule has 212 valence electrons. The Balaban J connectivity index is 1.06. The first-order valence-electron chi connectivity index (χ1n) is 15.2. The second-order valence-electron chi connectivity index (χ2n) is 12.4. The highest BCUT2D eigenvalue weighted by Crippen LogP contribution is 2.45. The van der Waals surface area contributed by atoms with Crippen LogP contribution in [0.2, 0.25) is 0 Å². The molecule has 3 fully saturated rings. The van der Waals surface area contributed by atoms with Gasteiger partial charge in [0.1, 0.15) is 11.4 Å². The Labute approximate surface area is 242 Å². The van der Waals surface area contributed by atoms with Gasteiger partial charge in [-0.15, -0.1) is 0 Å². The van der Waals surface area contributed by atoms with Crippen molar-refractivity contribution in [2.45, 2.75) is 75.4 Å². The lowest BCUT2D eigenvalue weighted by Crippen LogP contribution is -2.49. The summed E-state index contributed by atoms with van der Waals surface area (Å²) >= 11 is 0. The van der Waals surface area contributed by atoms with Crippen LogP contribution in [0.3, 0.4) is 0 Å². The molecule has 3 saturated heterocycles. The smallest absolute Gasteiger partial charge is 0.259 e. The number of aromatic nitrogens is 3. The summed E-state index contributed by atoms with van der Waals surface area (Å²) in [5, 5.41) is 11.8. The number of aryl methyl sites for hydroxylation is 1. The Hall–Kier alpha value is -3.71. The number of carbonyl (C=O) groups excluding carboxylic acids is 1. The lowest BCUT2D eigenvalue weighted by atomic mass is 9.70. The Kier molecular flexibility index (Phi) is 6.78. The molecule has 7 nitrogen and oxygen atoms in total. The Bertz CT molecular complexity index is 1530. The highest BCUT2D eigenvalue weighted by atomic mass is 16.5. The maximum Gasteiger partial charge on any atom is 0.259 e. The molecule has 0 spiro atoms. The van der Waals surface area contributed by atoms with Crippen molar-refractivity contribution in [3.63, 3.8) is 0 Å². The second-order valence-corrected chi connectivity index (χ2v) is 12.4. The van der Waals surface area contributed by atoms with Gasteiger partial charge < -0.3 is 14.7 Å². The van der Waals surface area contributed by atoms with Crippen LogP contribution in [-0.4, -0.2) is 57.0 Å². The van der Waals surface area contributed by atoms with Gasteiger partial charge in [0.2, 0.25) is 0 Å². The van der Waals surface area contributed by atoms with E-state index >= 15 is 0 Å². The van der Waals surface area contributed by atoms with Crippen LogP contribution in [-0.2, 0) is 5.41 Å². The van der Waals surface area contributed by atoms with Crippen molar-refractivity contribution in [1.82, 2.24) is 19.4 Å². The highest BCUT2D eigenvalue weighted by molar-refractivity contribution is 5.93. The Morgan fingerprint density at radius 2 is 1.66 bits per heavy atom. The van der Waals surface area contributed by atoms with Gasteiger partial charge in [0.15, 0.2) is 12.4 Å². The van der Waals surface area contributed by atoms with Crippen LogP contribution < -0.4 is 4.73 Å². The first kappa shape index (κ1) is 26.2. The summed E-state index contributed by atoms with van der Waals surface area (Å²) < 4.78 is 3.22. The van der Waals surface area contributed by atoms with E-state index in [-0.39, 0.29) is 11.3 Å². The number of para-hydroxylation sites is 2. The molecule has 0 aliphatic carbocycles. The molecule has 2 aromatic heterocycles. The molecule has 41 heavy (non-hydrogen) atoms. The van der Waals surface area contributed by atoms with Crippen molar-refractivity contribution in [3.05, 3.63) is 101 Å². The fourth-order valence-corrected chi connectivity index (χ4v) is 8.17. The third kappa shape index (κ3) is 4.80. The number of imidazole rings is 1. The van der Waals surface area contributed by atoms with Gasteiger partial charge in [-0.3, -0.25) is 9.69 Å². The Morgan fingerprint density at radius 3 is 2.39 bits per heavy atom. The SMILES string of the molecule is Cc1nc2ccccc2n1C1C[C@H]2CC[C@@H](C1)N2CCC1(c2ccccc2)CCN(C(=O)c2ccc[n+]([O-])c2)CC1. The van der Waals surface area contributed by atoms with E-state index in [9.17, 15) is 10.0 Å².